The minimum absolute atomic E-state index is 0.0267. The van der Waals surface area contributed by atoms with E-state index >= 15 is 0 Å². The van der Waals surface area contributed by atoms with E-state index in [1.54, 1.807) is 6.07 Å². The monoisotopic (exact) mass is 320 g/mol. The third kappa shape index (κ3) is 3.73. The van der Waals surface area contributed by atoms with Crippen LogP contribution in [-0.4, -0.2) is 21.7 Å². The van der Waals surface area contributed by atoms with Crippen LogP contribution in [0.15, 0.2) is 42.6 Å². The van der Waals surface area contributed by atoms with Gasteiger partial charge < -0.3 is 10.6 Å². The molecule has 0 unspecified atom stereocenters. The molecule has 0 radical (unpaired) electrons. The summed E-state index contributed by atoms with van der Waals surface area (Å²) in [7, 11) is 0. The standard InChI is InChI=1S/C16H18F2N4O/c17-16(18)22-9-8-12(21-22)10-19-13-6-7-14(23)20-15(13)11-4-2-1-3-5-11/h1-5,8-9,13,15-16,19H,6-7,10H2,(H,20,23)/t13-,15+/m1/s1. The molecule has 1 aliphatic rings. The molecule has 1 aromatic heterocycles. The SMILES string of the molecule is O=C1CC[C@@H](NCc2ccn(C(F)F)n2)[C@H](c2ccccc2)N1. The van der Waals surface area contributed by atoms with Crippen molar-refractivity contribution < 1.29 is 13.6 Å². The van der Waals surface area contributed by atoms with Crippen molar-refractivity contribution in [3.63, 3.8) is 0 Å². The van der Waals surface area contributed by atoms with Crippen LogP contribution in [0.25, 0.3) is 0 Å². The number of hydrogen-bond acceptors (Lipinski definition) is 3. The van der Waals surface area contributed by atoms with Crippen LogP contribution in [0.5, 0.6) is 0 Å². The van der Waals surface area contributed by atoms with Crippen LogP contribution in [0.2, 0.25) is 0 Å². The van der Waals surface area contributed by atoms with Gasteiger partial charge in [-0.3, -0.25) is 4.79 Å². The minimum atomic E-state index is -2.63. The van der Waals surface area contributed by atoms with Crippen molar-refractivity contribution in [3.8, 4) is 0 Å². The lowest BCUT2D eigenvalue weighted by molar-refractivity contribution is -0.123. The lowest BCUT2D eigenvalue weighted by Gasteiger charge is -2.33. The maximum atomic E-state index is 12.5. The van der Waals surface area contributed by atoms with Gasteiger partial charge >= 0.3 is 6.55 Å². The van der Waals surface area contributed by atoms with Crippen LogP contribution in [0.3, 0.4) is 0 Å². The highest BCUT2D eigenvalue weighted by atomic mass is 19.3. The van der Waals surface area contributed by atoms with Crippen molar-refractivity contribution in [1.82, 2.24) is 20.4 Å². The van der Waals surface area contributed by atoms with Crippen LogP contribution >= 0.6 is 0 Å². The van der Waals surface area contributed by atoms with Crippen LogP contribution in [0.1, 0.15) is 36.7 Å². The van der Waals surface area contributed by atoms with Crippen LogP contribution < -0.4 is 10.6 Å². The first kappa shape index (κ1) is 15.6. The Balaban J connectivity index is 1.68. The summed E-state index contributed by atoms with van der Waals surface area (Å²) in [6.45, 7) is -2.25. The molecule has 7 heteroatoms. The highest BCUT2D eigenvalue weighted by Gasteiger charge is 2.29. The van der Waals surface area contributed by atoms with E-state index in [1.807, 2.05) is 30.3 Å². The number of nitrogens with zero attached hydrogens (tertiary/aromatic N) is 2. The van der Waals surface area contributed by atoms with Crippen LogP contribution in [0, 0.1) is 0 Å². The third-order valence-electron chi connectivity index (χ3n) is 3.97. The number of benzene rings is 1. The van der Waals surface area contributed by atoms with E-state index in [9.17, 15) is 13.6 Å². The molecule has 5 nitrogen and oxygen atoms in total. The number of hydrogen-bond donors (Lipinski definition) is 2. The Bertz CT molecular complexity index is 659. The van der Waals surface area contributed by atoms with E-state index in [1.165, 1.54) is 6.20 Å². The van der Waals surface area contributed by atoms with Gasteiger partial charge in [0.2, 0.25) is 5.91 Å². The predicted molar refractivity (Wildman–Crippen MR) is 80.7 cm³/mol. The largest absolute Gasteiger partial charge is 0.348 e. The molecule has 0 bridgehead atoms. The van der Waals surface area contributed by atoms with Gasteiger partial charge in [-0.15, -0.1) is 0 Å². The fourth-order valence-corrected chi connectivity index (χ4v) is 2.81. The highest BCUT2D eigenvalue weighted by Crippen LogP contribution is 2.24. The van der Waals surface area contributed by atoms with E-state index in [0.717, 1.165) is 5.56 Å². The van der Waals surface area contributed by atoms with Gasteiger partial charge in [0.1, 0.15) is 0 Å². The molecule has 1 amide bonds. The Kier molecular flexibility index (Phi) is 4.66. The van der Waals surface area contributed by atoms with Crippen molar-refractivity contribution in [2.45, 2.75) is 38.0 Å². The smallest absolute Gasteiger partial charge is 0.333 e. The zero-order valence-corrected chi connectivity index (χ0v) is 12.5. The Morgan fingerprint density at radius 2 is 2.09 bits per heavy atom. The first-order valence-corrected chi connectivity index (χ1v) is 7.53. The van der Waals surface area contributed by atoms with Crippen LogP contribution in [-0.2, 0) is 11.3 Å². The number of rotatable bonds is 5. The molecule has 2 N–H and O–H groups in total. The third-order valence-corrected chi connectivity index (χ3v) is 3.97. The Morgan fingerprint density at radius 1 is 1.30 bits per heavy atom. The minimum Gasteiger partial charge on any atom is -0.348 e. The summed E-state index contributed by atoms with van der Waals surface area (Å²) < 4.78 is 25.7. The molecule has 2 heterocycles. The summed E-state index contributed by atoms with van der Waals surface area (Å²) in [4.78, 5) is 11.7. The number of piperidine rings is 1. The first-order chi connectivity index (χ1) is 11.1. The Morgan fingerprint density at radius 3 is 2.78 bits per heavy atom. The van der Waals surface area contributed by atoms with E-state index < -0.39 is 6.55 Å². The Hall–Kier alpha value is -2.28. The maximum absolute atomic E-state index is 12.5. The fraction of sp³-hybridized carbons (Fsp3) is 0.375. The van der Waals surface area contributed by atoms with Crippen LogP contribution in [0.4, 0.5) is 8.78 Å². The first-order valence-electron chi connectivity index (χ1n) is 7.53. The lowest BCUT2D eigenvalue weighted by atomic mass is 9.92. The Labute approximate surface area is 132 Å². The van der Waals surface area contributed by atoms with Crippen molar-refractivity contribution >= 4 is 5.91 Å². The van der Waals surface area contributed by atoms with E-state index in [0.29, 0.717) is 29.8 Å². The van der Waals surface area contributed by atoms with E-state index in [2.05, 4.69) is 15.7 Å². The summed E-state index contributed by atoms with van der Waals surface area (Å²) in [5, 5.41) is 10.1. The molecule has 2 atom stereocenters. The molecule has 1 fully saturated rings. The molecule has 0 aliphatic carbocycles. The molecular formula is C16H18F2N4O. The summed E-state index contributed by atoms with van der Waals surface area (Å²) in [6.07, 6.45) is 2.41. The highest BCUT2D eigenvalue weighted by molar-refractivity contribution is 5.77. The average molecular weight is 320 g/mol. The molecule has 23 heavy (non-hydrogen) atoms. The molecule has 122 valence electrons. The van der Waals surface area contributed by atoms with Gasteiger partial charge in [-0.05, 0) is 18.1 Å². The molecule has 0 saturated carbocycles. The van der Waals surface area contributed by atoms with E-state index in [4.69, 9.17) is 0 Å². The second-order valence-corrected chi connectivity index (χ2v) is 5.55. The number of amides is 1. The number of carbonyl (C=O) groups is 1. The van der Waals surface area contributed by atoms with E-state index in [-0.39, 0.29) is 18.0 Å². The van der Waals surface area contributed by atoms with Crippen molar-refractivity contribution in [3.05, 3.63) is 53.9 Å². The second-order valence-electron chi connectivity index (χ2n) is 5.55. The maximum Gasteiger partial charge on any atom is 0.333 e. The molecule has 2 aromatic rings. The van der Waals surface area contributed by atoms with Crippen molar-refractivity contribution in [1.29, 1.82) is 0 Å². The topological polar surface area (TPSA) is 59.0 Å². The summed E-state index contributed by atoms with van der Waals surface area (Å²) in [5.74, 6) is 0.0267. The van der Waals surface area contributed by atoms with Crippen molar-refractivity contribution in [2.24, 2.45) is 0 Å². The van der Waals surface area contributed by atoms with Gasteiger partial charge in [0, 0.05) is 25.2 Å². The number of nitrogens with one attached hydrogen (secondary N) is 2. The molecule has 0 spiro atoms. The normalized spacial score (nSPS) is 21.4. The molecule has 1 saturated heterocycles. The number of halogens is 2. The fourth-order valence-electron chi connectivity index (χ4n) is 2.81. The van der Waals surface area contributed by atoms with Crippen molar-refractivity contribution in [2.75, 3.05) is 0 Å². The molecular weight excluding hydrogens is 302 g/mol. The molecule has 1 aliphatic heterocycles. The summed E-state index contributed by atoms with van der Waals surface area (Å²) in [5.41, 5.74) is 1.57. The van der Waals surface area contributed by atoms with Gasteiger partial charge in [-0.2, -0.15) is 13.9 Å². The number of aromatic nitrogens is 2. The zero-order chi connectivity index (χ0) is 16.2. The lowest BCUT2D eigenvalue weighted by Crippen LogP contribution is -2.48. The second kappa shape index (κ2) is 6.87. The van der Waals surface area contributed by atoms with Gasteiger partial charge in [-0.1, -0.05) is 30.3 Å². The van der Waals surface area contributed by atoms with Gasteiger partial charge in [0.05, 0.1) is 11.7 Å². The summed E-state index contributed by atoms with van der Waals surface area (Å²) >= 11 is 0. The average Bonchev–Trinajstić information content (AvgIpc) is 3.04. The van der Waals surface area contributed by atoms with Gasteiger partial charge in [0.15, 0.2) is 0 Å². The predicted octanol–water partition coefficient (Wildman–Crippen LogP) is 2.39. The molecule has 1 aromatic carbocycles. The zero-order valence-electron chi connectivity index (χ0n) is 12.5. The molecule has 3 rings (SSSR count). The number of alkyl halides is 2. The van der Waals surface area contributed by atoms with Gasteiger partial charge in [-0.25, -0.2) is 4.68 Å². The summed E-state index contributed by atoms with van der Waals surface area (Å²) in [6, 6.07) is 11.2. The number of carbonyl (C=O) groups excluding carboxylic acids is 1. The van der Waals surface area contributed by atoms with Gasteiger partial charge in [0.25, 0.3) is 0 Å². The quantitative estimate of drug-likeness (QED) is 0.889.